The summed E-state index contributed by atoms with van der Waals surface area (Å²) in [6.45, 7) is 0.526. The number of aromatic nitrogens is 4. The lowest BCUT2D eigenvalue weighted by Gasteiger charge is -1.99. The van der Waals surface area contributed by atoms with Gasteiger partial charge in [0.2, 0.25) is 0 Å². The van der Waals surface area contributed by atoms with Crippen LogP contribution in [0.3, 0.4) is 0 Å². The van der Waals surface area contributed by atoms with Gasteiger partial charge in [0.05, 0.1) is 0 Å². The third-order valence-electron chi connectivity index (χ3n) is 1.68. The smallest absolute Gasteiger partial charge is 0.179 e. The molecule has 0 aliphatic carbocycles. The van der Waals surface area contributed by atoms with E-state index >= 15 is 0 Å². The van der Waals surface area contributed by atoms with Crippen molar-refractivity contribution in [1.82, 2.24) is 20.6 Å². The molecule has 1 radical (unpaired) electrons. The third kappa shape index (κ3) is 1.40. The number of halogens is 1. The number of H-pyrrole nitrogens is 1. The zero-order valence-corrected chi connectivity index (χ0v) is 6.61. The zero-order valence-electron chi connectivity index (χ0n) is 6.61. The van der Waals surface area contributed by atoms with Crippen LogP contribution in [0.1, 0.15) is 5.56 Å². The van der Waals surface area contributed by atoms with Crippen LogP contribution in [0.25, 0.3) is 11.4 Å². The van der Waals surface area contributed by atoms with Gasteiger partial charge in [0.1, 0.15) is 0 Å². The highest BCUT2D eigenvalue weighted by Crippen LogP contribution is 2.20. The maximum absolute atomic E-state index is 12.4. The summed E-state index contributed by atoms with van der Waals surface area (Å²) in [5.74, 6) is 0.463. The molecule has 0 bridgehead atoms. The van der Waals surface area contributed by atoms with E-state index in [1.54, 1.807) is 24.3 Å². The number of nitrogens with zero attached hydrogens (tertiary/aromatic N) is 3. The molecule has 13 heavy (non-hydrogen) atoms. The number of hydrogen-bond acceptors (Lipinski definition) is 3. The standard InChI is InChI=1S/C8H6FN4/c9-5-6-3-1-2-4-7(6)8-10-12-13-11-8/h1-5H,(H,10,11,12,13). The Kier molecular flexibility index (Phi) is 1.99. The minimum atomic E-state index is 0.459. The van der Waals surface area contributed by atoms with Crippen molar-refractivity contribution in [3.63, 3.8) is 0 Å². The molecule has 0 aliphatic heterocycles. The van der Waals surface area contributed by atoms with Crippen molar-refractivity contribution in [1.29, 1.82) is 0 Å². The van der Waals surface area contributed by atoms with Gasteiger partial charge < -0.3 is 0 Å². The molecular formula is C8H6FN4. The molecule has 0 spiro atoms. The maximum Gasteiger partial charge on any atom is 0.179 e. The van der Waals surface area contributed by atoms with E-state index in [9.17, 15) is 4.39 Å². The van der Waals surface area contributed by atoms with Gasteiger partial charge in [-0.15, -0.1) is 5.10 Å². The highest BCUT2D eigenvalue weighted by atomic mass is 19.1. The topological polar surface area (TPSA) is 54.5 Å². The van der Waals surface area contributed by atoms with Crippen LogP contribution in [0.5, 0.6) is 0 Å². The van der Waals surface area contributed by atoms with E-state index in [2.05, 4.69) is 20.6 Å². The van der Waals surface area contributed by atoms with Gasteiger partial charge in [-0.3, -0.25) is 0 Å². The minimum absolute atomic E-state index is 0.459. The highest BCUT2D eigenvalue weighted by Gasteiger charge is 2.06. The molecule has 0 fully saturated rings. The lowest BCUT2D eigenvalue weighted by Crippen LogP contribution is -1.86. The fourth-order valence-corrected chi connectivity index (χ4v) is 1.08. The van der Waals surface area contributed by atoms with Gasteiger partial charge in [-0.2, -0.15) is 0 Å². The van der Waals surface area contributed by atoms with Crippen LogP contribution in [0.2, 0.25) is 0 Å². The quantitative estimate of drug-likeness (QED) is 0.753. The molecule has 0 saturated carbocycles. The van der Waals surface area contributed by atoms with Crippen molar-refractivity contribution >= 4 is 0 Å². The molecule has 1 heterocycles. The molecule has 1 N–H and O–H groups in total. The minimum Gasteiger partial charge on any atom is -0.239 e. The fraction of sp³-hybridized carbons (Fsp3) is 0. The summed E-state index contributed by atoms with van der Waals surface area (Å²) in [7, 11) is 0. The Morgan fingerprint density at radius 3 is 2.85 bits per heavy atom. The van der Waals surface area contributed by atoms with E-state index in [0.717, 1.165) is 0 Å². The summed E-state index contributed by atoms with van der Waals surface area (Å²) < 4.78 is 12.4. The van der Waals surface area contributed by atoms with Crippen molar-refractivity contribution in [2.24, 2.45) is 0 Å². The van der Waals surface area contributed by atoms with Crippen LogP contribution in [0, 0.1) is 6.67 Å². The molecule has 0 amide bonds. The Morgan fingerprint density at radius 1 is 1.31 bits per heavy atom. The molecule has 2 rings (SSSR count). The molecule has 0 unspecified atom stereocenters. The number of benzene rings is 1. The van der Waals surface area contributed by atoms with Crippen molar-refractivity contribution in [3.05, 3.63) is 36.5 Å². The Labute approximate surface area is 73.8 Å². The lowest BCUT2D eigenvalue weighted by atomic mass is 10.1. The first-order valence-corrected chi connectivity index (χ1v) is 3.68. The molecule has 4 nitrogen and oxygen atoms in total. The SMILES string of the molecule is F[CH]c1ccccc1-c1nnn[nH]1. The second-order valence-corrected chi connectivity index (χ2v) is 2.45. The summed E-state index contributed by atoms with van der Waals surface area (Å²) in [5.41, 5.74) is 1.11. The van der Waals surface area contributed by atoms with Gasteiger partial charge in [0.25, 0.3) is 0 Å². The number of rotatable bonds is 2. The van der Waals surface area contributed by atoms with Crippen LogP contribution in [-0.2, 0) is 0 Å². The van der Waals surface area contributed by atoms with Crippen molar-refractivity contribution in [3.8, 4) is 11.4 Å². The molecule has 2 aromatic rings. The Balaban J connectivity index is 2.51. The zero-order chi connectivity index (χ0) is 9.10. The molecule has 0 saturated heterocycles. The van der Waals surface area contributed by atoms with Crippen LogP contribution in [0.4, 0.5) is 4.39 Å². The van der Waals surface area contributed by atoms with E-state index in [1.807, 2.05) is 0 Å². The molecule has 65 valence electrons. The number of aromatic amines is 1. The molecular weight excluding hydrogens is 171 g/mol. The van der Waals surface area contributed by atoms with Crippen molar-refractivity contribution in [2.45, 2.75) is 0 Å². The Morgan fingerprint density at radius 2 is 2.15 bits per heavy atom. The van der Waals surface area contributed by atoms with E-state index < -0.39 is 0 Å². The fourth-order valence-electron chi connectivity index (χ4n) is 1.08. The summed E-state index contributed by atoms with van der Waals surface area (Å²) in [6.07, 6.45) is 0. The van der Waals surface area contributed by atoms with Crippen LogP contribution < -0.4 is 0 Å². The number of nitrogens with one attached hydrogen (secondary N) is 1. The lowest BCUT2D eigenvalue weighted by molar-refractivity contribution is 0.646. The largest absolute Gasteiger partial charge is 0.239 e. The van der Waals surface area contributed by atoms with Crippen LogP contribution >= 0.6 is 0 Å². The summed E-state index contributed by atoms with van der Waals surface area (Å²) in [5, 5.41) is 13.1. The average molecular weight is 177 g/mol. The maximum atomic E-state index is 12.4. The summed E-state index contributed by atoms with van der Waals surface area (Å²) >= 11 is 0. The predicted octanol–water partition coefficient (Wildman–Crippen LogP) is 1.35. The third-order valence-corrected chi connectivity index (χ3v) is 1.68. The van der Waals surface area contributed by atoms with Crippen molar-refractivity contribution in [2.75, 3.05) is 0 Å². The van der Waals surface area contributed by atoms with Gasteiger partial charge in [0.15, 0.2) is 12.5 Å². The summed E-state index contributed by atoms with van der Waals surface area (Å²) in [6, 6.07) is 6.94. The normalized spacial score (nSPS) is 10.2. The molecule has 1 aromatic heterocycles. The molecule has 0 aliphatic rings. The average Bonchev–Trinajstić information content (AvgIpc) is 2.70. The highest BCUT2D eigenvalue weighted by molar-refractivity contribution is 5.60. The van der Waals surface area contributed by atoms with E-state index in [1.165, 1.54) is 0 Å². The van der Waals surface area contributed by atoms with Crippen LogP contribution in [-0.4, -0.2) is 20.6 Å². The van der Waals surface area contributed by atoms with Crippen LogP contribution in [0.15, 0.2) is 24.3 Å². The van der Waals surface area contributed by atoms with Gasteiger partial charge in [-0.1, -0.05) is 24.3 Å². The second-order valence-electron chi connectivity index (χ2n) is 2.45. The molecule has 1 aromatic carbocycles. The van der Waals surface area contributed by atoms with Gasteiger partial charge in [0, 0.05) is 11.1 Å². The summed E-state index contributed by atoms with van der Waals surface area (Å²) in [4.78, 5) is 0. The molecule has 5 heteroatoms. The second kappa shape index (κ2) is 3.30. The predicted molar refractivity (Wildman–Crippen MR) is 44.1 cm³/mol. The van der Waals surface area contributed by atoms with E-state index in [0.29, 0.717) is 23.6 Å². The first kappa shape index (κ1) is 7.85. The number of hydrogen-bond donors (Lipinski definition) is 1. The first-order valence-electron chi connectivity index (χ1n) is 3.68. The van der Waals surface area contributed by atoms with Gasteiger partial charge in [-0.05, 0) is 10.4 Å². The Hall–Kier alpha value is -1.78. The van der Waals surface area contributed by atoms with E-state index in [4.69, 9.17) is 0 Å². The van der Waals surface area contributed by atoms with Gasteiger partial charge in [-0.25, -0.2) is 9.49 Å². The van der Waals surface area contributed by atoms with Crippen molar-refractivity contribution < 1.29 is 4.39 Å². The van der Waals surface area contributed by atoms with Gasteiger partial charge >= 0.3 is 0 Å². The Bertz CT molecular complexity index is 385. The monoisotopic (exact) mass is 177 g/mol. The first-order chi connectivity index (χ1) is 6.42. The molecule has 0 atom stereocenters. The van der Waals surface area contributed by atoms with E-state index in [-0.39, 0.29) is 0 Å². The number of tetrazole rings is 1.